The van der Waals surface area contributed by atoms with Gasteiger partial charge < -0.3 is 10.8 Å². The Kier molecular flexibility index (Phi) is 3.76. The van der Waals surface area contributed by atoms with Crippen LogP contribution in [0.3, 0.4) is 0 Å². The van der Waals surface area contributed by atoms with Gasteiger partial charge >= 0.3 is 0 Å². The first-order valence-corrected chi connectivity index (χ1v) is 7.29. The summed E-state index contributed by atoms with van der Waals surface area (Å²) >= 11 is 0. The Bertz CT molecular complexity index is 771. The smallest absolute Gasteiger partial charge is 0.262 e. The standard InChI is InChI=1S/C13H14N2O4S/c1-8-4-2-6-10-9(8)5-3-7-11(10)20(18,19)15-13(17)12(14)16/h2-7,13,15,17H,1H3,(H2,14,16). The predicted molar refractivity (Wildman–Crippen MR) is 74.2 cm³/mol. The summed E-state index contributed by atoms with van der Waals surface area (Å²) in [6.07, 6.45) is -1.96. The minimum Gasteiger partial charge on any atom is -0.369 e. The van der Waals surface area contributed by atoms with Gasteiger partial charge in [-0.2, -0.15) is 4.72 Å². The van der Waals surface area contributed by atoms with Gasteiger partial charge in [-0.05, 0) is 23.9 Å². The largest absolute Gasteiger partial charge is 0.369 e. The molecule has 0 aliphatic rings. The number of aliphatic hydroxyl groups is 1. The molecule has 0 spiro atoms. The summed E-state index contributed by atoms with van der Waals surface area (Å²) in [4.78, 5) is 10.8. The Hall–Kier alpha value is -1.96. The molecule has 106 valence electrons. The third kappa shape index (κ3) is 2.64. The average Bonchev–Trinajstić information content (AvgIpc) is 2.38. The van der Waals surface area contributed by atoms with E-state index < -0.39 is 22.2 Å². The van der Waals surface area contributed by atoms with Crippen molar-refractivity contribution in [3.63, 3.8) is 0 Å². The van der Waals surface area contributed by atoms with Gasteiger partial charge in [-0.1, -0.05) is 30.3 Å². The lowest BCUT2D eigenvalue weighted by Gasteiger charge is -2.12. The van der Waals surface area contributed by atoms with Crippen molar-refractivity contribution in [3.05, 3.63) is 42.0 Å². The number of hydrogen-bond donors (Lipinski definition) is 3. The van der Waals surface area contributed by atoms with E-state index in [9.17, 15) is 18.3 Å². The van der Waals surface area contributed by atoms with Gasteiger partial charge in [-0.15, -0.1) is 0 Å². The number of benzene rings is 2. The second-order valence-electron chi connectivity index (χ2n) is 4.35. The zero-order valence-corrected chi connectivity index (χ0v) is 11.5. The Balaban J connectivity index is 2.58. The minimum atomic E-state index is -4.05. The highest BCUT2D eigenvalue weighted by atomic mass is 32.2. The molecule has 7 heteroatoms. The highest BCUT2D eigenvalue weighted by Crippen LogP contribution is 2.25. The van der Waals surface area contributed by atoms with Crippen LogP contribution in [0.15, 0.2) is 41.3 Å². The first-order chi connectivity index (χ1) is 9.33. The normalized spacial score (nSPS) is 13.3. The van der Waals surface area contributed by atoms with E-state index in [1.165, 1.54) is 6.07 Å². The van der Waals surface area contributed by atoms with E-state index >= 15 is 0 Å². The summed E-state index contributed by atoms with van der Waals surface area (Å²) in [6, 6.07) is 10.1. The highest BCUT2D eigenvalue weighted by Gasteiger charge is 2.23. The number of amides is 1. The highest BCUT2D eigenvalue weighted by molar-refractivity contribution is 7.89. The molecule has 0 aliphatic heterocycles. The van der Waals surface area contributed by atoms with Gasteiger partial charge in [0.05, 0.1) is 4.90 Å². The molecule has 0 saturated carbocycles. The molecule has 2 aromatic rings. The molecule has 0 radical (unpaired) electrons. The molecule has 20 heavy (non-hydrogen) atoms. The minimum absolute atomic E-state index is 0.0148. The lowest BCUT2D eigenvalue weighted by molar-refractivity contribution is -0.126. The molecule has 1 unspecified atom stereocenters. The van der Waals surface area contributed by atoms with Crippen LogP contribution in [-0.4, -0.2) is 25.7 Å². The van der Waals surface area contributed by atoms with Gasteiger partial charge in [0.1, 0.15) is 0 Å². The molecule has 6 nitrogen and oxygen atoms in total. The number of nitrogens with one attached hydrogen (secondary N) is 1. The van der Waals surface area contributed by atoms with Crippen molar-refractivity contribution in [1.82, 2.24) is 4.72 Å². The first kappa shape index (κ1) is 14.4. The fourth-order valence-electron chi connectivity index (χ4n) is 1.94. The number of fused-ring (bicyclic) bond motifs is 1. The van der Waals surface area contributed by atoms with E-state index in [2.05, 4.69) is 0 Å². The van der Waals surface area contributed by atoms with Crippen LogP contribution < -0.4 is 10.5 Å². The molecule has 0 aromatic heterocycles. The molecule has 1 atom stereocenters. The topological polar surface area (TPSA) is 109 Å². The molecule has 0 aliphatic carbocycles. The monoisotopic (exact) mass is 294 g/mol. The maximum absolute atomic E-state index is 12.2. The fourth-order valence-corrected chi connectivity index (χ4v) is 3.20. The lowest BCUT2D eigenvalue weighted by atomic mass is 10.1. The van der Waals surface area contributed by atoms with Crippen LogP contribution in [-0.2, 0) is 14.8 Å². The quantitative estimate of drug-likeness (QED) is 0.701. The van der Waals surface area contributed by atoms with Crippen LogP contribution in [0, 0.1) is 6.92 Å². The van der Waals surface area contributed by atoms with Crippen LogP contribution in [0.2, 0.25) is 0 Å². The van der Waals surface area contributed by atoms with E-state index in [-0.39, 0.29) is 4.90 Å². The van der Waals surface area contributed by atoms with E-state index in [1.807, 2.05) is 17.7 Å². The number of aliphatic hydroxyl groups excluding tert-OH is 1. The SMILES string of the molecule is Cc1cccc2c(S(=O)(=O)NC(O)C(N)=O)cccc12. The Morgan fingerprint density at radius 1 is 1.20 bits per heavy atom. The number of carbonyl (C=O) groups is 1. The van der Waals surface area contributed by atoms with Gasteiger partial charge in [0.25, 0.3) is 5.91 Å². The molecule has 0 fully saturated rings. The van der Waals surface area contributed by atoms with Crippen LogP contribution in [0.5, 0.6) is 0 Å². The van der Waals surface area contributed by atoms with Crippen LogP contribution >= 0.6 is 0 Å². The first-order valence-electron chi connectivity index (χ1n) is 5.81. The molecule has 2 aromatic carbocycles. The number of sulfonamides is 1. The maximum Gasteiger partial charge on any atom is 0.262 e. The molecule has 0 saturated heterocycles. The van der Waals surface area contributed by atoms with Crippen molar-refractivity contribution < 1.29 is 18.3 Å². The molecule has 1 amide bonds. The Labute approximate surface area is 116 Å². The maximum atomic E-state index is 12.2. The van der Waals surface area contributed by atoms with Gasteiger partial charge in [0, 0.05) is 5.39 Å². The molecule has 2 rings (SSSR count). The van der Waals surface area contributed by atoms with Crippen LogP contribution in [0.25, 0.3) is 10.8 Å². The summed E-state index contributed by atoms with van der Waals surface area (Å²) in [5.41, 5.74) is 5.77. The van der Waals surface area contributed by atoms with Crippen molar-refractivity contribution in [2.24, 2.45) is 5.73 Å². The van der Waals surface area contributed by atoms with Crippen LogP contribution in [0.4, 0.5) is 0 Å². The second kappa shape index (κ2) is 5.20. The molecule has 4 N–H and O–H groups in total. The fraction of sp³-hybridized carbons (Fsp3) is 0.154. The van der Waals surface area contributed by atoms with Crippen LogP contribution in [0.1, 0.15) is 5.56 Å². The average molecular weight is 294 g/mol. The van der Waals surface area contributed by atoms with E-state index in [0.717, 1.165) is 10.9 Å². The van der Waals surface area contributed by atoms with E-state index in [4.69, 9.17) is 5.73 Å². The third-order valence-corrected chi connectivity index (χ3v) is 4.39. The second-order valence-corrected chi connectivity index (χ2v) is 6.03. The number of primary amides is 1. The third-order valence-electron chi connectivity index (χ3n) is 2.93. The summed E-state index contributed by atoms with van der Waals surface area (Å²) in [7, 11) is -4.05. The van der Waals surface area contributed by atoms with Crippen molar-refractivity contribution in [2.75, 3.05) is 0 Å². The van der Waals surface area contributed by atoms with Gasteiger partial charge in [-0.25, -0.2) is 8.42 Å². The van der Waals surface area contributed by atoms with Crippen molar-refractivity contribution in [1.29, 1.82) is 0 Å². The summed E-state index contributed by atoms with van der Waals surface area (Å²) in [5.74, 6) is -1.16. The number of aryl methyl sites for hydroxylation is 1. The van der Waals surface area contributed by atoms with E-state index in [0.29, 0.717) is 5.39 Å². The summed E-state index contributed by atoms with van der Waals surface area (Å²) in [5, 5.41) is 10.6. The summed E-state index contributed by atoms with van der Waals surface area (Å²) < 4.78 is 26.2. The lowest BCUT2D eigenvalue weighted by Crippen LogP contribution is -2.44. The van der Waals surface area contributed by atoms with E-state index in [1.54, 1.807) is 24.3 Å². The number of rotatable bonds is 4. The number of hydrogen-bond acceptors (Lipinski definition) is 4. The molecule has 0 bridgehead atoms. The number of nitrogens with two attached hydrogens (primary N) is 1. The molecular weight excluding hydrogens is 280 g/mol. The predicted octanol–water partition coefficient (Wildman–Crippen LogP) is 0.230. The van der Waals surface area contributed by atoms with Gasteiger partial charge in [-0.3, -0.25) is 4.79 Å². The van der Waals surface area contributed by atoms with Gasteiger partial charge in [0.2, 0.25) is 10.0 Å². The molecule has 0 heterocycles. The van der Waals surface area contributed by atoms with Gasteiger partial charge in [0.15, 0.2) is 6.23 Å². The van der Waals surface area contributed by atoms with Crippen molar-refractivity contribution in [3.8, 4) is 0 Å². The van der Waals surface area contributed by atoms with Crippen molar-refractivity contribution >= 4 is 26.7 Å². The number of carbonyl (C=O) groups excluding carboxylic acids is 1. The van der Waals surface area contributed by atoms with Crippen molar-refractivity contribution in [2.45, 2.75) is 18.0 Å². The Morgan fingerprint density at radius 2 is 1.80 bits per heavy atom. The summed E-state index contributed by atoms with van der Waals surface area (Å²) in [6.45, 7) is 1.87. The Morgan fingerprint density at radius 3 is 2.45 bits per heavy atom. The zero-order valence-electron chi connectivity index (χ0n) is 10.7. The molecular formula is C13H14N2O4S. The zero-order chi connectivity index (χ0) is 14.9.